The first-order valence-electron chi connectivity index (χ1n) is 6.81. The maximum atomic E-state index is 13.3. The van der Waals surface area contributed by atoms with E-state index < -0.39 is 17.5 Å². The monoisotopic (exact) mass is 295 g/mol. The highest BCUT2D eigenvalue weighted by Gasteiger charge is 2.14. The highest BCUT2D eigenvalue weighted by molar-refractivity contribution is 5.58. The summed E-state index contributed by atoms with van der Waals surface area (Å²) in [4.78, 5) is 8.49. The van der Waals surface area contributed by atoms with Crippen molar-refractivity contribution in [3.8, 4) is 11.4 Å². The summed E-state index contributed by atoms with van der Waals surface area (Å²) in [7, 11) is 0. The minimum Gasteiger partial charge on any atom is -0.370 e. The second-order valence-corrected chi connectivity index (χ2v) is 4.60. The molecule has 1 aromatic heterocycles. The summed E-state index contributed by atoms with van der Waals surface area (Å²) in [5.74, 6) is -3.24. The van der Waals surface area contributed by atoms with Crippen molar-refractivity contribution in [2.75, 3.05) is 11.9 Å². The number of aryl methyl sites for hydroxylation is 1. The Morgan fingerprint density at radius 3 is 2.24 bits per heavy atom. The molecule has 0 aliphatic heterocycles. The highest BCUT2D eigenvalue weighted by Crippen LogP contribution is 2.23. The number of halogens is 3. The lowest BCUT2D eigenvalue weighted by atomic mass is 10.1. The predicted octanol–water partition coefficient (Wildman–Crippen LogP) is 3.95. The average Bonchev–Trinajstić information content (AvgIpc) is 2.44. The fourth-order valence-corrected chi connectivity index (χ4v) is 1.97. The first kappa shape index (κ1) is 15.3. The summed E-state index contributed by atoms with van der Waals surface area (Å²) in [6, 6.07) is 3.60. The summed E-state index contributed by atoms with van der Waals surface area (Å²) < 4.78 is 39.7. The molecule has 0 saturated heterocycles. The van der Waals surface area contributed by atoms with Crippen molar-refractivity contribution in [2.24, 2.45) is 0 Å². The van der Waals surface area contributed by atoms with Crippen molar-refractivity contribution < 1.29 is 13.2 Å². The van der Waals surface area contributed by atoms with E-state index in [0.29, 0.717) is 12.4 Å². The Hall–Kier alpha value is -2.11. The van der Waals surface area contributed by atoms with Gasteiger partial charge in [0, 0.05) is 23.9 Å². The molecule has 0 aliphatic carbocycles. The minimum absolute atomic E-state index is 0.114. The lowest BCUT2D eigenvalue weighted by molar-refractivity contribution is 0.447. The van der Waals surface area contributed by atoms with E-state index in [4.69, 9.17) is 0 Å². The van der Waals surface area contributed by atoms with Gasteiger partial charge in [0.05, 0.1) is 0 Å². The molecule has 112 valence electrons. The van der Waals surface area contributed by atoms with Crippen LogP contribution in [0, 0.1) is 17.5 Å². The number of nitrogens with zero attached hydrogens (tertiary/aromatic N) is 2. The largest absolute Gasteiger partial charge is 0.370 e. The van der Waals surface area contributed by atoms with Crippen LogP contribution in [-0.2, 0) is 6.42 Å². The number of hydrogen-bond acceptors (Lipinski definition) is 3. The van der Waals surface area contributed by atoms with Gasteiger partial charge in [0.2, 0.25) is 0 Å². The van der Waals surface area contributed by atoms with Gasteiger partial charge in [-0.05, 0) is 25.5 Å². The van der Waals surface area contributed by atoms with Crippen LogP contribution in [0.3, 0.4) is 0 Å². The van der Waals surface area contributed by atoms with Gasteiger partial charge in [0.1, 0.15) is 5.82 Å². The summed E-state index contributed by atoms with van der Waals surface area (Å²) >= 11 is 0. The predicted molar refractivity (Wildman–Crippen MR) is 75.5 cm³/mol. The van der Waals surface area contributed by atoms with Crippen molar-refractivity contribution >= 4 is 5.82 Å². The van der Waals surface area contributed by atoms with Crippen LogP contribution in [0.5, 0.6) is 0 Å². The maximum absolute atomic E-state index is 13.3. The van der Waals surface area contributed by atoms with E-state index >= 15 is 0 Å². The second-order valence-electron chi connectivity index (χ2n) is 4.60. The molecule has 0 atom stereocenters. The minimum atomic E-state index is -1.49. The van der Waals surface area contributed by atoms with E-state index in [2.05, 4.69) is 15.3 Å². The van der Waals surface area contributed by atoms with E-state index in [9.17, 15) is 13.2 Å². The Kier molecular flexibility index (Phi) is 4.77. The Bertz CT molecular complexity index is 597. The zero-order valence-electron chi connectivity index (χ0n) is 11.9. The molecule has 6 heteroatoms. The fraction of sp³-hybridized carbons (Fsp3) is 0.333. The van der Waals surface area contributed by atoms with Gasteiger partial charge in [-0.3, -0.25) is 0 Å². The first-order chi connectivity index (χ1) is 10.0. The molecular formula is C15H16F3N3. The van der Waals surface area contributed by atoms with Crippen LogP contribution in [0.25, 0.3) is 11.4 Å². The molecule has 1 heterocycles. The smallest absolute Gasteiger partial charge is 0.194 e. The fourth-order valence-electron chi connectivity index (χ4n) is 1.97. The molecule has 1 N–H and O–H groups in total. The van der Waals surface area contributed by atoms with Gasteiger partial charge in [0.25, 0.3) is 0 Å². The zero-order chi connectivity index (χ0) is 15.4. The van der Waals surface area contributed by atoms with Crippen LogP contribution in [0.2, 0.25) is 0 Å². The molecule has 0 radical (unpaired) electrons. The molecule has 0 amide bonds. The quantitative estimate of drug-likeness (QED) is 0.849. The Balaban J connectivity index is 2.51. The molecule has 2 aromatic rings. The molecule has 0 fully saturated rings. The molecule has 0 spiro atoms. The topological polar surface area (TPSA) is 37.8 Å². The number of hydrogen-bond donors (Lipinski definition) is 1. The van der Waals surface area contributed by atoms with Crippen molar-refractivity contribution in [3.63, 3.8) is 0 Å². The number of benzene rings is 1. The Morgan fingerprint density at radius 1 is 1.00 bits per heavy atom. The van der Waals surface area contributed by atoms with E-state index in [0.717, 1.165) is 30.7 Å². The van der Waals surface area contributed by atoms with E-state index in [1.165, 1.54) is 0 Å². The number of anilines is 1. The van der Waals surface area contributed by atoms with Crippen LogP contribution in [-0.4, -0.2) is 16.5 Å². The number of aromatic nitrogens is 2. The molecule has 3 nitrogen and oxygen atoms in total. The average molecular weight is 295 g/mol. The van der Waals surface area contributed by atoms with Gasteiger partial charge in [-0.15, -0.1) is 0 Å². The van der Waals surface area contributed by atoms with E-state index in [1.807, 2.05) is 13.8 Å². The zero-order valence-corrected chi connectivity index (χ0v) is 11.9. The van der Waals surface area contributed by atoms with Gasteiger partial charge in [-0.25, -0.2) is 23.1 Å². The Morgan fingerprint density at radius 2 is 1.67 bits per heavy atom. The third-order valence-corrected chi connectivity index (χ3v) is 2.89. The molecular weight excluding hydrogens is 279 g/mol. The van der Waals surface area contributed by atoms with Crippen molar-refractivity contribution in [1.29, 1.82) is 0 Å². The van der Waals surface area contributed by atoms with Gasteiger partial charge in [0.15, 0.2) is 23.3 Å². The standard InChI is InChI=1S/C15H16F3N3/c1-3-5-10-8-13(19-4-2)21-15(20-10)9-6-11(16)14(18)12(17)7-9/h6-8H,3-5H2,1-2H3,(H,19,20,21). The Labute approximate surface area is 121 Å². The van der Waals surface area contributed by atoms with Crippen LogP contribution >= 0.6 is 0 Å². The van der Waals surface area contributed by atoms with E-state index in [-0.39, 0.29) is 11.4 Å². The van der Waals surface area contributed by atoms with E-state index in [1.54, 1.807) is 6.07 Å². The van der Waals surface area contributed by atoms with Crippen molar-refractivity contribution in [2.45, 2.75) is 26.7 Å². The van der Waals surface area contributed by atoms with Crippen molar-refractivity contribution in [3.05, 3.63) is 41.3 Å². The molecule has 0 aliphatic rings. The number of rotatable bonds is 5. The highest BCUT2D eigenvalue weighted by atomic mass is 19.2. The van der Waals surface area contributed by atoms with Crippen molar-refractivity contribution in [1.82, 2.24) is 9.97 Å². The first-order valence-corrected chi connectivity index (χ1v) is 6.81. The third-order valence-electron chi connectivity index (χ3n) is 2.89. The molecule has 1 aromatic carbocycles. The van der Waals surface area contributed by atoms with Crippen LogP contribution in [0.1, 0.15) is 26.0 Å². The molecule has 2 rings (SSSR count). The summed E-state index contributed by atoms with van der Waals surface area (Å²) in [6.45, 7) is 4.58. The summed E-state index contributed by atoms with van der Waals surface area (Å²) in [6.07, 6.45) is 1.61. The molecule has 0 saturated carbocycles. The lowest BCUT2D eigenvalue weighted by Gasteiger charge is -2.09. The molecule has 0 bridgehead atoms. The van der Waals surface area contributed by atoms with Crippen LogP contribution in [0.4, 0.5) is 19.0 Å². The summed E-state index contributed by atoms with van der Waals surface area (Å²) in [5, 5.41) is 3.04. The molecule has 21 heavy (non-hydrogen) atoms. The van der Waals surface area contributed by atoms with Crippen LogP contribution in [0.15, 0.2) is 18.2 Å². The number of nitrogens with one attached hydrogen (secondary N) is 1. The summed E-state index contributed by atoms with van der Waals surface area (Å²) in [5.41, 5.74) is 0.882. The maximum Gasteiger partial charge on any atom is 0.194 e. The van der Waals surface area contributed by atoms with Gasteiger partial charge in [-0.2, -0.15) is 0 Å². The van der Waals surface area contributed by atoms with Gasteiger partial charge in [-0.1, -0.05) is 13.3 Å². The molecule has 0 unspecified atom stereocenters. The van der Waals surface area contributed by atoms with Gasteiger partial charge < -0.3 is 5.32 Å². The normalized spacial score (nSPS) is 10.7. The SMILES string of the molecule is CCCc1cc(NCC)nc(-c2cc(F)c(F)c(F)c2)n1. The van der Waals surface area contributed by atoms with Crippen LogP contribution < -0.4 is 5.32 Å². The third kappa shape index (κ3) is 3.51. The second kappa shape index (κ2) is 6.56. The lowest BCUT2D eigenvalue weighted by Crippen LogP contribution is -2.05. The van der Waals surface area contributed by atoms with Gasteiger partial charge >= 0.3 is 0 Å².